The summed E-state index contributed by atoms with van der Waals surface area (Å²) in [5.74, 6) is -0.837. The van der Waals surface area contributed by atoms with Gasteiger partial charge in [0.25, 0.3) is 5.91 Å². The van der Waals surface area contributed by atoms with E-state index in [-0.39, 0.29) is 5.91 Å². The van der Waals surface area contributed by atoms with E-state index in [1.165, 1.54) is 6.92 Å². The molecular formula is C13H16INO4. The van der Waals surface area contributed by atoms with Gasteiger partial charge in [0.1, 0.15) is 0 Å². The van der Waals surface area contributed by atoms with Crippen molar-refractivity contribution in [2.75, 3.05) is 20.3 Å². The molecule has 104 valence electrons. The number of benzene rings is 1. The van der Waals surface area contributed by atoms with Crippen LogP contribution in [0.25, 0.3) is 0 Å². The van der Waals surface area contributed by atoms with Crippen molar-refractivity contribution in [3.05, 3.63) is 33.4 Å². The van der Waals surface area contributed by atoms with Crippen molar-refractivity contribution in [2.24, 2.45) is 0 Å². The molecule has 6 heteroatoms. The summed E-state index contributed by atoms with van der Waals surface area (Å²) in [6.45, 7) is 2.35. The Morgan fingerprint density at radius 1 is 1.37 bits per heavy atom. The fraction of sp³-hybridized carbons (Fsp3) is 0.385. The summed E-state index contributed by atoms with van der Waals surface area (Å²) in [6.07, 6.45) is -0.833. The maximum atomic E-state index is 11.9. The maximum Gasteiger partial charge on any atom is 0.339 e. The smallest absolute Gasteiger partial charge is 0.339 e. The second-order valence-corrected chi connectivity index (χ2v) is 4.97. The van der Waals surface area contributed by atoms with Gasteiger partial charge in [-0.15, -0.1) is 0 Å². The predicted molar refractivity (Wildman–Crippen MR) is 78.9 cm³/mol. The van der Waals surface area contributed by atoms with Crippen molar-refractivity contribution in [2.45, 2.75) is 13.0 Å². The van der Waals surface area contributed by atoms with Gasteiger partial charge in [-0.05, 0) is 41.6 Å². The first-order chi connectivity index (χ1) is 9.06. The highest BCUT2D eigenvalue weighted by Gasteiger charge is 2.19. The largest absolute Gasteiger partial charge is 0.449 e. The Morgan fingerprint density at radius 2 is 2.05 bits per heavy atom. The second kappa shape index (κ2) is 8.11. The van der Waals surface area contributed by atoms with Gasteiger partial charge < -0.3 is 14.8 Å². The highest BCUT2D eigenvalue weighted by atomic mass is 127. The quantitative estimate of drug-likeness (QED) is 0.465. The summed E-state index contributed by atoms with van der Waals surface area (Å²) >= 11 is 2.05. The molecule has 0 aliphatic heterocycles. The number of hydrogen-bond acceptors (Lipinski definition) is 4. The van der Waals surface area contributed by atoms with Gasteiger partial charge in [0.15, 0.2) is 6.10 Å². The molecule has 1 aromatic rings. The van der Waals surface area contributed by atoms with Gasteiger partial charge in [0.2, 0.25) is 0 Å². The molecule has 0 bridgehead atoms. The van der Waals surface area contributed by atoms with E-state index in [0.29, 0.717) is 18.7 Å². The van der Waals surface area contributed by atoms with E-state index in [1.807, 2.05) is 28.7 Å². The topological polar surface area (TPSA) is 64.6 Å². The summed E-state index contributed by atoms with van der Waals surface area (Å²) in [6, 6.07) is 7.06. The van der Waals surface area contributed by atoms with Crippen molar-refractivity contribution >= 4 is 34.5 Å². The normalized spacial score (nSPS) is 11.7. The van der Waals surface area contributed by atoms with Crippen LogP contribution in [-0.4, -0.2) is 38.2 Å². The molecule has 1 atom stereocenters. The zero-order chi connectivity index (χ0) is 14.3. The van der Waals surface area contributed by atoms with Crippen LogP contribution in [0.3, 0.4) is 0 Å². The van der Waals surface area contributed by atoms with Gasteiger partial charge >= 0.3 is 5.97 Å². The molecular weight excluding hydrogens is 361 g/mol. The molecule has 19 heavy (non-hydrogen) atoms. The van der Waals surface area contributed by atoms with Crippen LogP contribution in [0.4, 0.5) is 0 Å². The summed E-state index contributed by atoms with van der Waals surface area (Å²) in [5, 5.41) is 2.61. The average molecular weight is 377 g/mol. The number of rotatable bonds is 6. The first-order valence-corrected chi connectivity index (χ1v) is 6.86. The lowest BCUT2D eigenvalue weighted by molar-refractivity contribution is -0.129. The lowest BCUT2D eigenvalue weighted by Crippen LogP contribution is -2.37. The van der Waals surface area contributed by atoms with Crippen LogP contribution in [-0.2, 0) is 14.3 Å². The van der Waals surface area contributed by atoms with E-state index in [1.54, 1.807) is 25.3 Å². The van der Waals surface area contributed by atoms with Crippen molar-refractivity contribution in [1.29, 1.82) is 0 Å². The standard InChI is InChI=1S/C13H16INO4/c1-9(12(16)15-7-8-18-2)19-13(17)10-5-3-4-6-11(10)14/h3-6,9H,7-8H2,1-2H3,(H,15,16)/t9-/m1/s1. The van der Waals surface area contributed by atoms with E-state index < -0.39 is 12.1 Å². The third kappa shape index (κ3) is 5.15. The first kappa shape index (κ1) is 15.9. The van der Waals surface area contributed by atoms with Gasteiger partial charge in [-0.1, -0.05) is 12.1 Å². The molecule has 0 spiro atoms. The van der Waals surface area contributed by atoms with Crippen LogP contribution >= 0.6 is 22.6 Å². The Kier molecular flexibility index (Phi) is 6.79. The number of methoxy groups -OCH3 is 1. The fourth-order valence-corrected chi connectivity index (χ4v) is 1.93. The first-order valence-electron chi connectivity index (χ1n) is 5.78. The Labute approximate surface area is 125 Å². The third-order valence-electron chi connectivity index (χ3n) is 2.35. The molecule has 0 fully saturated rings. The minimum atomic E-state index is -0.833. The SMILES string of the molecule is COCCNC(=O)[C@@H](C)OC(=O)c1ccccc1I. The van der Waals surface area contributed by atoms with Crippen LogP contribution in [0.15, 0.2) is 24.3 Å². The van der Waals surface area contributed by atoms with Crippen LogP contribution in [0.1, 0.15) is 17.3 Å². The Balaban J connectivity index is 2.52. The van der Waals surface area contributed by atoms with Gasteiger partial charge in [-0.25, -0.2) is 4.79 Å². The number of ether oxygens (including phenoxy) is 2. The Bertz CT molecular complexity index is 450. The number of hydrogen-bond donors (Lipinski definition) is 1. The van der Waals surface area contributed by atoms with E-state index >= 15 is 0 Å². The zero-order valence-electron chi connectivity index (χ0n) is 10.8. The van der Waals surface area contributed by atoms with Crippen LogP contribution < -0.4 is 5.32 Å². The minimum Gasteiger partial charge on any atom is -0.449 e. The second-order valence-electron chi connectivity index (χ2n) is 3.81. The van der Waals surface area contributed by atoms with E-state index in [4.69, 9.17) is 9.47 Å². The average Bonchev–Trinajstić information content (AvgIpc) is 2.39. The third-order valence-corrected chi connectivity index (χ3v) is 3.29. The highest BCUT2D eigenvalue weighted by molar-refractivity contribution is 14.1. The number of carbonyl (C=O) groups is 2. The number of carbonyl (C=O) groups excluding carboxylic acids is 2. The maximum absolute atomic E-state index is 11.9. The molecule has 0 unspecified atom stereocenters. The van der Waals surface area contributed by atoms with Crippen LogP contribution in [0.2, 0.25) is 0 Å². The summed E-state index contributed by atoms with van der Waals surface area (Å²) < 4.78 is 10.7. The van der Waals surface area contributed by atoms with Gasteiger partial charge in [0, 0.05) is 17.2 Å². The van der Waals surface area contributed by atoms with Crippen molar-refractivity contribution in [3.8, 4) is 0 Å². The van der Waals surface area contributed by atoms with Gasteiger partial charge in [0.05, 0.1) is 12.2 Å². The monoisotopic (exact) mass is 377 g/mol. The van der Waals surface area contributed by atoms with Gasteiger partial charge in [-0.2, -0.15) is 0 Å². The summed E-state index contributed by atoms with van der Waals surface area (Å²) in [4.78, 5) is 23.5. The van der Waals surface area contributed by atoms with Crippen LogP contribution in [0, 0.1) is 3.57 Å². The molecule has 5 nitrogen and oxygen atoms in total. The molecule has 0 aliphatic rings. The molecule has 1 N–H and O–H groups in total. The fourth-order valence-electron chi connectivity index (χ4n) is 1.32. The van der Waals surface area contributed by atoms with Crippen molar-refractivity contribution in [3.63, 3.8) is 0 Å². The molecule has 0 saturated carbocycles. The molecule has 0 radical (unpaired) electrons. The molecule has 1 amide bonds. The molecule has 0 aliphatic carbocycles. The zero-order valence-corrected chi connectivity index (χ0v) is 13.0. The minimum absolute atomic E-state index is 0.337. The number of halogens is 1. The van der Waals surface area contributed by atoms with E-state index in [2.05, 4.69) is 5.32 Å². The molecule has 0 heterocycles. The van der Waals surface area contributed by atoms with E-state index in [9.17, 15) is 9.59 Å². The van der Waals surface area contributed by atoms with Gasteiger partial charge in [-0.3, -0.25) is 4.79 Å². The van der Waals surface area contributed by atoms with E-state index in [0.717, 1.165) is 3.57 Å². The molecule has 0 saturated heterocycles. The molecule has 1 aromatic carbocycles. The molecule has 1 rings (SSSR count). The lowest BCUT2D eigenvalue weighted by Gasteiger charge is -2.13. The Morgan fingerprint density at radius 3 is 2.68 bits per heavy atom. The summed E-state index contributed by atoms with van der Waals surface area (Å²) in [7, 11) is 1.55. The number of esters is 1. The highest BCUT2D eigenvalue weighted by Crippen LogP contribution is 2.13. The van der Waals surface area contributed by atoms with Crippen LogP contribution in [0.5, 0.6) is 0 Å². The number of nitrogens with one attached hydrogen (secondary N) is 1. The summed E-state index contributed by atoms with van der Waals surface area (Å²) in [5.41, 5.74) is 0.458. The Hall–Kier alpha value is -1.15. The van der Waals surface area contributed by atoms with Crippen molar-refractivity contribution in [1.82, 2.24) is 5.32 Å². The lowest BCUT2D eigenvalue weighted by atomic mass is 10.2. The predicted octanol–water partition coefficient (Wildman–Crippen LogP) is 1.60. The number of amides is 1. The molecule has 0 aromatic heterocycles. The van der Waals surface area contributed by atoms with Crippen molar-refractivity contribution < 1.29 is 19.1 Å².